The van der Waals surface area contributed by atoms with E-state index in [-0.39, 0.29) is 28.1 Å². The highest BCUT2D eigenvalue weighted by atomic mass is 32.2. The fourth-order valence-corrected chi connectivity index (χ4v) is 7.24. The summed E-state index contributed by atoms with van der Waals surface area (Å²) in [7, 11) is -3.48. The number of hydrogen-bond donors (Lipinski definition) is 1. The summed E-state index contributed by atoms with van der Waals surface area (Å²) < 4.78 is 25.1. The molecule has 0 aromatic heterocycles. The minimum absolute atomic E-state index is 0.142. The lowest BCUT2D eigenvalue weighted by Crippen LogP contribution is -2.42. The van der Waals surface area contributed by atoms with Crippen LogP contribution in [0, 0.1) is 45.8 Å². The van der Waals surface area contributed by atoms with Gasteiger partial charge in [-0.25, -0.2) is 8.42 Å². The Hall–Kier alpha value is -0.580. The average Bonchev–Trinajstić information content (AvgIpc) is 2.58. The molecule has 0 aromatic rings. The van der Waals surface area contributed by atoms with Crippen molar-refractivity contribution in [3.05, 3.63) is 0 Å². The van der Waals surface area contributed by atoms with Crippen molar-refractivity contribution in [2.75, 3.05) is 6.26 Å². The van der Waals surface area contributed by atoms with E-state index in [1.807, 2.05) is 0 Å². The number of carbonyl (C=O) groups is 1. The van der Waals surface area contributed by atoms with Crippen molar-refractivity contribution in [2.45, 2.75) is 48.0 Å². The first-order valence-corrected chi connectivity index (χ1v) is 10.2. The molecular formula is C17H29NO3S. The van der Waals surface area contributed by atoms with Gasteiger partial charge in [-0.05, 0) is 46.3 Å². The number of carbonyl (C=O) groups excluding carboxylic acids is 1. The SMILES string of the molecule is CC1C2C(C(=O)NS(C)(=O)=O)CC13C(C2C(C)(C)C)C3(C)C. The minimum Gasteiger partial charge on any atom is -0.274 e. The maximum atomic E-state index is 12.6. The van der Waals surface area contributed by atoms with Gasteiger partial charge < -0.3 is 0 Å². The van der Waals surface area contributed by atoms with Gasteiger partial charge in [0.2, 0.25) is 15.9 Å². The maximum Gasteiger partial charge on any atom is 0.236 e. The van der Waals surface area contributed by atoms with Gasteiger partial charge in [0.1, 0.15) is 0 Å². The van der Waals surface area contributed by atoms with Crippen LogP contribution >= 0.6 is 0 Å². The van der Waals surface area contributed by atoms with E-state index in [0.717, 1.165) is 12.7 Å². The lowest BCUT2D eigenvalue weighted by Gasteiger charge is -2.40. The Balaban J connectivity index is 1.97. The number of nitrogens with one attached hydrogen (secondary N) is 1. The zero-order valence-corrected chi connectivity index (χ0v) is 15.5. The molecule has 6 unspecified atom stereocenters. The van der Waals surface area contributed by atoms with Gasteiger partial charge in [-0.3, -0.25) is 9.52 Å². The third-order valence-electron chi connectivity index (χ3n) is 7.26. The molecule has 126 valence electrons. The van der Waals surface area contributed by atoms with E-state index in [1.165, 1.54) is 0 Å². The lowest BCUT2D eigenvalue weighted by atomic mass is 9.65. The van der Waals surface area contributed by atoms with Crippen LogP contribution in [0.15, 0.2) is 0 Å². The molecule has 1 amide bonds. The summed E-state index contributed by atoms with van der Waals surface area (Å²) in [4.78, 5) is 12.6. The zero-order chi connectivity index (χ0) is 16.9. The molecule has 1 spiro atoms. The van der Waals surface area contributed by atoms with Crippen LogP contribution in [0.1, 0.15) is 48.0 Å². The van der Waals surface area contributed by atoms with E-state index >= 15 is 0 Å². The summed E-state index contributed by atoms with van der Waals surface area (Å²) in [5, 5.41) is 0. The summed E-state index contributed by atoms with van der Waals surface area (Å²) in [6.07, 6.45) is 1.91. The molecule has 5 heteroatoms. The minimum atomic E-state index is -3.48. The maximum absolute atomic E-state index is 12.6. The van der Waals surface area contributed by atoms with E-state index in [0.29, 0.717) is 23.7 Å². The Kier molecular flexibility index (Phi) is 3.02. The molecule has 3 fully saturated rings. The second-order valence-corrected chi connectivity index (χ2v) is 11.3. The van der Waals surface area contributed by atoms with E-state index in [4.69, 9.17) is 0 Å². The number of sulfonamides is 1. The second kappa shape index (κ2) is 4.08. The first-order chi connectivity index (χ1) is 9.75. The first-order valence-electron chi connectivity index (χ1n) is 8.27. The molecule has 2 bridgehead atoms. The fourth-order valence-electron chi connectivity index (χ4n) is 6.72. The molecule has 0 aliphatic heterocycles. The Morgan fingerprint density at radius 2 is 1.77 bits per heavy atom. The van der Waals surface area contributed by atoms with Crippen LogP contribution < -0.4 is 4.72 Å². The molecule has 3 aliphatic rings. The van der Waals surface area contributed by atoms with Crippen molar-refractivity contribution in [3.63, 3.8) is 0 Å². The summed E-state index contributed by atoms with van der Waals surface area (Å²) in [6.45, 7) is 13.7. The van der Waals surface area contributed by atoms with Gasteiger partial charge in [0, 0.05) is 5.92 Å². The lowest BCUT2D eigenvalue weighted by molar-refractivity contribution is -0.126. The van der Waals surface area contributed by atoms with E-state index in [1.54, 1.807) is 0 Å². The Labute approximate surface area is 134 Å². The average molecular weight is 327 g/mol. The normalized spacial score (nSPS) is 45.5. The number of amides is 1. The zero-order valence-electron chi connectivity index (χ0n) is 14.7. The molecule has 6 atom stereocenters. The summed E-state index contributed by atoms with van der Waals surface area (Å²) in [6, 6.07) is 0. The quantitative estimate of drug-likeness (QED) is 0.848. The molecule has 0 saturated heterocycles. The van der Waals surface area contributed by atoms with Gasteiger partial charge in [0.15, 0.2) is 0 Å². The summed E-state index contributed by atoms with van der Waals surface area (Å²) >= 11 is 0. The molecule has 3 aliphatic carbocycles. The third kappa shape index (κ3) is 1.80. The van der Waals surface area contributed by atoms with Crippen LogP contribution in [0.2, 0.25) is 0 Å². The molecule has 4 nitrogen and oxygen atoms in total. The number of hydrogen-bond acceptors (Lipinski definition) is 3. The van der Waals surface area contributed by atoms with Crippen LogP contribution in [-0.2, 0) is 14.8 Å². The predicted molar refractivity (Wildman–Crippen MR) is 86.4 cm³/mol. The summed E-state index contributed by atoms with van der Waals surface area (Å²) in [5.41, 5.74) is 0.638. The molecule has 0 radical (unpaired) electrons. The van der Waals surface area contributed by atoms with Gasteiger partial charge in [0.25, 0.3) is 0 Å². The van der Waals surface area contributed by atoms with Crippen molar-refractivity contribution < 1.29 is 13.2 Å². The largest absolute Gasteiger partial charge is 0.274 e. The standard InChI is InChI=1S/C17H29NO3S/c1-9-11-10(14(19)18-22(7,20)21)8-17(9)13(16(17,5)6)12(11)15(2,3)4/h9-13H,8H2,1-7H3,(H,18,19). The highest BCUT2D eigenvalue weighted by Crippen LogP contribution is 2.89. The van der Waals surface area contributed by atoms with Gasteiger partial charge >= 0.3 is 0 Å². The van der Waals surface area contributed by atoms with Crippen molar-refractivity contribution in [1.29, 1.82) is 0 Å². The van der Waals surface area contributed by atoms with Crippen molar-refractivity contribution >= 4 is 15.9 Å². The fraction of sp³-hybridized carbons (Fsp3) is 0.941. The molecule has 22 heavy (non-hydrogen) atoms. The Morgan fingerprint density at radius 3 is 2.18 bits per heavy atom. The van der Waals surface area contributed by atoms with Crippen molar-refractivity contribution in [3.8, 4) is 0 Å². The van der Waals surface area contributed by atoms with Gasteiger partial charge in [-0.1, -0.05) is 41.5 Å². The van der Waals surface area contributed by atoms with Crippen molar-refractivity contribution in [2.24, 2.45) is 45.8 Å². The molecule has 3 rings (SSSR count). The molecular weight excluding hydrogens is 298 g/mol. The van der Waals surface area contributed by atoms with Gasteiger partial charge in [0.05, 0.1) is 6.26 Å². The molecule has 0 heterocycles. The van der Waals surface area contributed by atoms with Crippen LogP contribution in [0.25, 0.3) is 0 Å². The number of rotatable bonds is 2. The van der Waals surface area contributed by atoms with Gasteiger partial charge in [-0.15, -0.1) is 0 Å². The predicted octanol–water partition coefficient (Wildman–Crippen LogP) is 2.65. The van der Waals surface area contributed by atoms with Crippen LogP contribution in [0.5, 0.6) is 0 Å². The molecule has 0 aromatic carbocycles. The number of fused-ring (bicyclic) bond motifs is 1. The summed E-state index contributed by atoms with van der Waals surface area (Å²) in [5.74, 6) is 1.51. The third-order valence-corrected chi connectivity index (χ3v) is 7.83. The highest BCUT2D eigenvalue weighted by Gasteiger charge is 2.86. The first kappa shape index (κ1) is 16.3. The van der Waals surface area contributed by atoms with Crippen LogP contribution in [0.4, 0.5) is 0 Å². The Bertz CT molecular complexity index is 631. The van der Waals surface area contributed by atoms with E-state index in [2.05, 4.69) is 46.3 Å². The van der Waals surface area contributed by atoms with Gasteiger partial charge in [-0.2, -0.15) is 0 Å². The topological polar surface area (TPSA) is 63.2 Å². The highest BCUT2D eigenvalue weighted by molar-refractivity contribution is 7.89. The molecule has 3 saturated carbocycles. The monoisotopic (exact) mass is 327 g/mol. The smallest absolute Gasteiger partial charge is 0.236 e. The van der Waals surface area contributed by atoms with Crippen LogP contribution in [-0.4, -0.2) is 20.6 Å². The van der Waals surface area contributed by atoms with Crippen LogP contribution in [0.3, 0.4) is 0 Å². The molecule has 1 N–H and O–H groups in total. The Morgan fingerprint density at radius 1 is 1.23 bits per heavy atom. The second-order valence-electron chi connectivity index (χ2n) is 9.55. The van der Waals surface area contributed by atoms with Crippen molar-refractivity contribution in [1.82, 2.24) is 4.72 Å². The van der Waals surface area contributed by atoms with E-state index < -0.39 is 10.0 Å². The van der Waals surface area contributed by atoms with E-state index in [9.17, 15) is 13.2 Å².